The van der Waals surface area contributed by atoms with Crippen molar-refractivity contribution in [3.63, 3.8) is 0 Å². The second kappa shape index (κ2) is 29.4. The third-order valence-corrected chi connectivity index (χ3v) is 23.9. The van der Waals surface area contributed by atoms with Gasteiger partial charge in [0.15, 0.2) is 37.7 Å². The van der Waals surface area contributed by atoms with E-state index in [0.29, 0.717) is 25.2 Å². The van der Waals surface area contributed by atoms with Crippen LogP contribution in [0, 0.1) is 40.4 Å². The number of hydrogen-bond acceptors (Lipinski definition) is 32. The highest BCUT2D eigenvalue weighted by Gasteiger charge is 2.67. The standard InChI is InChI=1S/C63H104O33S/c1-21(2)16-32-54(87-32)63(9,79)35-11-10-28-27-18-31(30-17-26(96-97(80,81)82)12-14-61(30,7)29(27)13-15-62(28,35)8)88-58-48(78)50(38(68)24(5)85-58)92-59-52(94-55-44(74)41(71)36(66)22(3)83-55)47(77)49(25(6)86-59)91-60-53(95-56-45(75)42(72)37(67)23(4)84-56)51(40(70)34(20-65)90-60)93-57-46(76)43(73)39(69)33(19-64)89-57/h13,21-28,30-60,64-79H,10-12,14-20H2,1-9H3,(H,80,81,82)/t22-,23-,24-,25-,26+,27?,28?,30?,31+,32-,33-,34-,35+,36-,37+,38-,39-,40-,41+,42+,43+,44-,45-,46-,47+,48-,49-,50+,51+,52-,53-,54-,55+,56+,57+,58+,59+,60+,61-,62+,63-/m1/s1. The van der Waals surface area contributed by atoms with Gasteiger partial charge in [0.25, 0.3) is 0 Å². The van der Waals surface area contributed by atoms with Crippen LogP contribution in [0.3, 0.4) is 0 Å². The quantitative estimate of drug-likeness (QED) is 0.0310. The Morgan fingerprint density at radius 2 is 1.01 bits per heavy atom. The van der Waals surface area contributed by atoms with Crippen molar-refractivity contribution >= 4 is 10.4 Å². The molecule has 41 atom stereocenters. The van der Waals surface area contributed by atoms with Crippen molar-refractivity contribution < 1.29 is 160 Å². The Balaban J connectivity index is 0.887. The van der Waals surface area contributed by atoms with Crippen molar-refractivity contribution in [1.29, 1.82) is 0 Å². The molecule has 34 heteroatoms. The molecule has 0 bridgehead atoms. The SMILES string of the molecule is CC(C)C[C@H]1O[C@H]1[C@](C)(O)[C@H]1CCC2C3C[C@H](O[C@@H]4O[C@H](C)[C@@H](O)[C@H](O[C@@H]5O[C@H](C)[C@@H](O[C@@H]6O[C@H](CO)[C@@H](O)[C@H](O[C@@H]7O[C@H](CO)[C@@H](O)[C@H](O)[C@H]7O)[C@H]6O[C@@H]6O[C@H](C)[C@H](O)[C@H](O)[C@H]6O)[C@H](O)[C@H]5O[C@@H]5O[C@H](C)[C@@H](O)[C@H](O)[C@H]5O)[C@H]4O)C4C[C@@H](OS(=O)(=O)O)CC[C@]4(C)C3=CC[C@@]21C. The predicted molar refractivity (Wildman–Crippen MR) is 322 cm³/mol. The van der Waals surface area contributed by atoms with Crippen molar-refractivity contribution in [2.75, 3.05) is 13.2 Å². The first-order valence-electron chi connectivity index (χ1n) is 34.1. The maximum Gasteiger partial charge on any atom is 0.397 e. The average molecular weight is 1420 g/mol. The zero-order valence-corrected chi connectivity index (χ0v) is 56.5. The van der Waals surface area contributed by atoms with Crippen molar-refractivity contribution in [2.45, 2.75) is 328 Å². The number of ether oxygens (including phenoxy) is 13. The fraction of sp³-hybridized carbons (Fsp3) is 0.968. The normalized spacial score (nSPS) is 54.1. The monoisotopic (exact) mass is 1420 g/mol. The molecule has 0 radical (unpaired) electrons. The molecule has 33 nitrogen and oxygen atoms in total. The zero-order valence-electron chi connectivity index (χ0n) is 55.7. The Morgan fingerprint density at radius 3 is 1.60 bits per heavy atom. The van der Waals surface area contributed by atoms with Gasteiger partial charge in [-0.05, 0) is 126 Å². The minimum Gasteiger partial charge on any atom is -0.394 e. The number of allylic oxidation sites excluding steroid dienone is 2. The smallest absolute Gasteiger partial charge is 0.394 e. The first-order valence-corrected chi connectivity index (χ1v) is 35.5. The lowest BCUT2D eigenvalue weighted by Gasteiger charge is -2.60. The topological polar surface area (TPSA) is 511 Å². The summed E-state index contributed by atoms with van der Waals surface area (Å²) in [4.78, 5) is 0. The molecular weight excluding hydrogens is 1320 g/mol. The van der Waals surface area contributed by atoms with Crippen LogP contribution in [-0.2, 0) is 76.2 Å². The molecule has 0 aromatic rings. The van der Waals surface area contributed by atoms with Crippen LogP contribution in [0.2, 0.25) is 0 Å². The first-order chi connectivity index (χ1) is 45.4. The molecule has 11 aliphatic rings. The first kappa shape index (κ1) is 76.6. The Bertz CT molecular complexity index is 2790. The van der Waals surface area contributed by atoms with E-state index in [4.69, 9.17) is 65.8 Å². The molecule has 10 fully saturated rings. The van der Waals surface area contributed by atoms with E-state index in [1.165, 1.54) is 27.7 Å². The second-order valence-corrected chi connectivity index (χ2v) is 31.2. The summed E-state index contributed by atoms with van der Waals surface area (Å²) in [6.45, 7) is 14.0. The molecule has 7 aliphatic heterocycles. The van der Waals surface area contributed by atoms with Gasteiger partial charge in [0, 0.05) is 0 Å². The molecule has 3 unspecified atom stereocenters. The van der Waals surface area contributed by atoms with Crippen molar-refractivity contribution in [2.24, 2.45) is 40.4 Å². The number of hydrogen-bond donors (Lipinski definition) is 17. The lowest BCUT2D eigenvalue weighted by molar-refractivity contribution is -0.415. The Morgan fingerprint density at radius 1 is 0.515 bits per heavy atom. The molecule has 4 aliphatic carbocycles. The summed E-state index contributed by atoms with van der Waals surface area (Å²) in [5.41, 5.74) is -1.04. The lowest BCUT2D eigenvalue weighted by atomic mass is 9.47. The van der Waals surface area contributed by atoms with E-state index in [0.717, 1.165) is 24.8 Å². The highest BCUT2D eigenvalue weighted by molar-refractivity contribution is 7.80. The summed E-state index contributed by atoms with van der Waals surface area (Å²) in [6, 6.07) is 0. The van der Waals surface area contributed by atoms with Crippen LogP contribution in [0.15, 0.2) is 11.6 Å². The molecule has 97 heavy (non-hydrogen) atoms. The molecule has 11 rings (SSSR count). The number of rotatable bonds is 20. The maximum absolute atomic E-state index is 12.8. The van der Waals surface area contributed by atoms with Crippen molar-refractivity contribution in [1.82, 2.24) is 0 Å². The Hall–Kier alpha value is -1.55. The summed E-state index contributed by atoms with van der Waals surface area (Å²) in [6.07, 6.45) is -50.5. The summed E-state index contributed by atoms with van der Waals surface area (Å²) >= 11 is 0. The van der Waals surface area contributed by atoms with Gasteiger partial charge < -0.3 is 143 Å². The molecule has 3 saturated carbocycles. The van der Waals surface area contributed by atoms with Gasteiger partial charge >= 0.3 is 10.4 Å². The van der Waals surface area contributed by atoms with Gasteiger partial charge in [-0.1, -0.05) is 39.3 Å². The zero-order chi connectivity index (χ0) is 70.8. The van der Waals surface area contributed by atoms with Gasteiger partial charge in [-0.3, -0.25) is 4.55 Å². The van der Waals surface area contributed by atoms with Crippen molar-refractivity contribution in [3.05, 3.63) is 11.6 Å². The number of aliphatic hydroxyl groups is 16. The lowest BCUT2D eigenvalue weighted by Crippen LogP contribution is -2.69. The van der Waals surface area contributed by atoms with E-state index in [-0.39, 0.29) is 42.8 Å². The maximum atomic E-state index is 12.8. The van der Waals surface area contributed by atoms with Gasteiger partial charge in [0.05, 0.1) is 61.5 Å². The van der Waals surface area contributed by atoms with E-state index in [2.05, 4.69) is 33.8 Å². The summed E-state index contributed by atoms with van der Waals surface area (Å²) in [5.74, 6) is -0.411. The van der Waals surface area contributed by atoms with Gasteiger partial charge in [0.1, 0.15) is 128 Å². The van der Waals surface area contributed by atoms with Gasteiger partial charge in [-0.25, -0.2) is 4.18 Å². The average Bonchev–Trinajstić information content (AvgIpc) is 1.64. The van der Waals surface area contributed by atoms with E-state index in [1.54, 1.807) is 0 Å². The largest absolute Gasteiger partial charge is 0.397 e. The Labute approximate surface area is 562 Å². The Kier molecular flexibility index (Phi) is 23.2. The van der Waals surface area contributed by atoms with Crippen LogP contribution in [0.4, 0.5) is 0 Å². The van der Waals surface area contributed by atoms with E-state index < -0.39 is 242 Å². The third kappa shape index (κ3) is 14.7. The predicted octanol–water partition coefficient (Wildman–Crippen LogP) is -4.66. The van der Waals surface area contributed by atoms with Crippen LogP contribution in [0.5, 0.6) is 0 Å². The van der Waals surface area contributed by atoms with Crippen LogP contribution in [0.25, 0.3) is 0 Å². The van der Waals surface area contributed by atoms with Gasteiger partial charge in [-0.15, -0.1) is 0 Å². The highest BCUT2D eigenvalue weighted by atomic mass is 32.3. The third-order valence-electron chi connectivity index (χ3n) is 23.4. The molecule has 0 aromatic carbocycles. The van der Waals surface area contributed by atoms with E-state index in [1.807, 2.05) is 6.92 Å². The van der Waals surface area contributed by atoms with Gasteiger partial charge in [-0.2, -0.15) is 8.42 Å². The van der Waals surface area contributed by atoms with E-state index in [9.17, 15) is 94.7 Å². The highest BCUT2D eigenvalue weighted by Crippen LogP contribution is 2.68. The van der Waals surface area contributed by atoms with Crippen molar-refractivity contribution in [3.8, 4) is 0 Å². The fourth-order valence-electron chi connectivity index (χ4n) is 17.9. The molecule has 560 valence electrons. The molecule has 7 heterocycles. The second-order valence-electron chi connectivity index (χ2n) is 30.2. The fourth-order valence-corrected chi connectivity index (χ4v) is 18.4. The minimum absolute atomic E-state index is 0.0281. The molecular formula is C63H104O33S. The van der Waals surface area contributed by atoms with E-state index >= 15 is 0 Å². The summed E-state index contributed by atoms with van der Waals surface area (Å²) in [5, 5.41) is 181. The summed E-state index contributed by atoms with van der Waals surface area (Å²) < 4.78 is 120. The summed E-state index contributed by atoms with van der Waals surface area (Å²) in [7, 11) is -4.91. The number of aliphatic hydroxyl groups excluding tert-OH is 15. The van der Waals surface area contributed by atoms with Crippen LogP contribution in [-0.4, -0.2) is 322 Å². The van der Waals surface area contributed by atoms with Crippen LogP contribution in [0.1, 0.15) is 114 Å². The minimum atomic E-state index is -4.91. The van der Waals surface area contributed by atoms with Crippen LogP contribution >= 0.6 is 0 Å². The number of fused-ring (bicyclic) bond motifs is 5. The van der Waals surface area contributed by atoms with Crippen LogP contribution < -0.4 is 0 Å². The number of epoxide rings is 1. The molecule has 0 spiro atoms. The molecule has 17 N–H and O–H groups in total. The van der Waals surface area contributed by atoms with Gasteiger partial charge in [0.2, 0.25) is 0 Å². The molecule has 0 aromatic heterocycles. The molecule has 7 saturated heterocycles. The molecule has 0 amide bonds.